The monoisotopic (exact) mass is 528 g/mol. The van der Waals surface area contributed by atoms with Crippen LogP contribution in [0.5, 0.6) is 5.75 Å². The summed E-state index contributed by atoms with van der Waals surface area (Å²) in [6, 6.07) is 11.1. The topological polar surface area (TPSA) is 63.4 Å². The molecule has 3 aromatic rings. The van der Waals surface area contributed by atoms with Crippen LogP contribution in [0.15, 0.2) is 42.6 Å². The predicted octanol–water partition coefficient (Wildman–Crippen LogP) is 7.08. The van der Waals surface area contributed by atoms with Crippen LogP contribution in [0, 0.1) is 5.82 Å². The molecule has 1 aromatic heterocycles. The van der Waals surface area contributed by atoms with Crippen molar-refractivity contribution in [2.75, 3.05) is 31.2 Å². The molecular formula is C28H31Cl2FN4O. The minimum atomic E-state index is -0.632. The molecule has 3 heterocycles. The van der Waals surface area contributed by atoms with Gasteiger partial charge in [0.15, 0.2) is 11.6 Å². The summed E-state index contributed by atoms with van der Waals surface area (Å²) >= 11 is 12.5. The molecule has 5 rings (SSSR count). The average Bonchev–Trinajstić information content (AvgIpc) is 3.05. The molecule has 3 N–H and O–H groups in total. The van der Waals surface area contributed by atoms with Crippen molar-refractivity contribution in [3.8, 4) is 16.9 Å². The Kier molecular flexibility index (Phi) is 6.34. The summed E-state index contributed by atoms with van der Waals surface area (Å²) in [5.74, 6) is 0.0817. The first-order valence-electron chi connectivity index (χ1n) is 12.2. The summed E-state index contributed by atoms with van der Waals surface area (Å²) in [5, 5.41) is 4.04. The molecule has 190 valence electrons. The number of nitrogens with one attached hydrogen (secondary N) is 1. The lowest BCUT2D eigenvalue weighted by Gasteiger charge is -2.47. The summed E-state index contributed by atoms with van der Waals surface area (Å²) in [7, 11) is 2.19. The maximum absolute atomic E-state index is 14.1. The highest BCUT2D eigenvalue weighted by Gasteiger charge is 2.53. The van der Waals surface area contributed by atoms with Gasteiger partial charge < -0.3 is 20.7 Å². The SMILES string of the molecule is C[C@@H](Oc1cc(-c2ccc3c(c2)C2(CCN(C)CC2)C(C)(C)N3)cnc1N)c1c(Cl)ccc(F)c1Cl. The van der Waals surface area contributed by atoms with Crippen LogP contribution < -0.4 is 15.8 Å². The van der Waals surface area contributed by atoms with E-state index in [0.717, 1.165) is 37.1 Å². The van der Waals surface area contributed by atoms with E-state index in [-0.39, 0.29) is 21.8 Å². The van der Waals surface area contributed by atoms with Crippen molar-refractivity contribution in [2.45, 2.75) is 50.7 Å². The summed E-state index contributed by atoms with van der Waals surface area (Å²) in [4.78, 5) is 6.79. The van der Waals surface area contributed by atoms with Crippen LogP contribution in [0.3, 0.4) is 0 Å². The number of anilines is 2. The van der Waals surface area contributed by atoms with Gasteiger partial charge in [-0.3, -0.25) is 0 Å². The van der Waals surface area contributed by atoms with Crippen LogP contribution in [0.25, 0.3) is 11.1 Å². The first-order valence-corrected chi connectivity index (χ1v) is 13.0. The summed E-state index contributed by atoms with van der Waals surface area (Å²) in [6.07, 6.45) is 3.32. The number of nitrogens with two attached hydrogens (primary N) is 1. The fourth-order valence-corrected chi connectivity index (χ4v) is 6.47. The molecule has 2 aliphatic rings. The predicted molar refractivity (Wildman–Crippen MR) is 146 cm³/mol. The highest BCUT2D eigenvalue weighted by Crippen LogP contribution is 2.54. The number of piperidine rings is 1. The van der Waals surface area contributed by atoms with Crippen molar-refractivity contribution in [1.29, 1.82) is 0 Å². The Hall–Kier alpha value is -2.54. The van der Waals surface area contributed by atoms with Crippen LogP contribution in [0.1, 0.15) is 50.8 Å². The first kappa shape index (κ1) is 25.1. The molecule has 0 bridgehead atoms. The largest absolute Gasteiger partial charge is 0.482 e. The zero-order chi connectivity index (χ0) is 25.8. The van der Waals surface area contributed by atoms with Gasteiger partial charge in [-0.1, -0.05) is 29.3 Å². The molecule has 2 aliphatic heterocycles. The van der Waals surface area contributed by atoms with Crippen molar-refractivity contribution in [3.05, 3.63) is 69.6 Å². The van der Waals surface area contributed by atoms with Gasteiger partial charge in [0, 0.05) is 39.0 Å². The van der Waals surface area contributed by atoms with Crippen molar-refractivity contribution < 1.29 is 9.13 Å². The minimum Gasteiger partial charge on any atom is -0.482 e. The van der Waals surface area contributed by atoms with Crippen LogP contribution in [-0.2, 0) is 5.41 Å². The second-order valence-electron chi connectivity index (χ2n) is 10.5. The number of ether oxygens (including phenoxy) is 1. The number of rotatable bonds is 4. The number of fused-ring (bicyclic) bond motifs is 2. The van der Waals surface area contributed by atoms with Gasteiger partial charge in [0.05, 0.1) is 5.02 Å². The molecule has 1 saturated heterocycles. The van der Waals surface area contributed by atoms with Gasteiger partial charge in [-0.2, -0.15) is 0 Å². The Morgan fingerprint density at radius 3 is 2.56 bits per heavy atom. The average molecular weight is 529 g/mol. The summed E-state index contributed by atoms with van der Waals surface area (Å²) in [5.41, 5.74) is 11.0. The number of hydrogen-bond acceptors (Lipinski definition) is 5. The summed E-state index contributed by atoms with van der Waals surface area (Å²) in [6.45, 7) is 8.50. The van der Waals surface area contributed by atoms with E-state index >= 15 is 0 Å². The fourth-order valence-electron chi connectivity index (χ4n) is 5.79. The molecule has 1 atom stereocenters. The Balaban J connectivity index is 1.49. The second kappa shape index (κ2) is 9.09. The minimum absolute atomic E-state index is 0.0399. The lowest BCUT2D eigenvalue weighted by Crippen LogP contribution is -2.53. The second-order valence-corrected chi connectivity index (χ2v) is 11.3. The molecule has 0 amide bonds. The van der Waals surface area contributed by atoms with Crippen LogP contribution >= 0.6 is 23.2 Å². The van der Waals surface area contributed by atoms with E-state index in [0.29, 0.717) is 16.3 Å². The molecule has 0 aliphatic carbocycles. The third kappa shape index (κ3) is 4.09. The number of benzene rings is 2. The number of halogens is 3. The number of hydrogen-bond donors (Lipinski definition) is 2. The van der Waals surface area contributed by atoms with Crippen molar-refractivity contribution in [1.82, 2.24) is 9.88 Å². The standard InChI is InChI=1S/C28H31Cl2FN4O/c1-16(24-20(29)6-7-21(31)25(24)30)36-23-14-18(15-33-26(23)32)17-5-8-22-19(13-17)28(27(2,3)34-22)9-11-35(4)12-10-28/h5-8,13-16,34H,9-12H2,1-4H3,(H2,32,33)/t16-/m1/s1. The van der Waals surface area contributed by atoms with E-state index in [4.69, 9.17) is 33.7 Å². The molecule has 36 heavy (non-hydrogen) atoms. The number of likely N-dealkylation sites (tertiary alicyclic amines) is 1. The number of aromatic nitrogens is 1. The molecule has 0 unspecified atom stereocenters. The zero-order valence-electron chi connectivity index (χ0n) is 21.0. The number of nitrogens with zero attached hydrogens (tertiary/aromatic N) is 2. The van der Waals surface area contributed by atoms with E-state index in [2.05, 4.69) is 54.3 Å². The van der Waals surface area contributed by atoms with E-state index in [9.17, 15) is 4.39 Å². The Labute approximate surface area is 221 Å². The third-order valence-electron chi connectivity index (χ3n) is 8.02. The van der Waals surface area contributed by atoms with Gasteiger partial charge in [0.1, 0.15) is 11.9 Å². The normalized spacial score (nSPS) is 19.1. The lowest BCUT2D eigenvalue weighted by molar-refractivity contribution is 0.146. The lowest BCUT2D eigenvalue weighted by atomic mass is 9.63. The number of nitrogen functional groups attached to an aromatic ring is 1. The molecule has 0 saturated carbocycles. The smallest absolute Gasteiger partial charge is 0.166 e. The highest BCUT2D eigenvalue weighted by atomic mass is 35.5. The van der Waals surface area contributed by atoms with Crippen LogP contribution in [-0.4, -0.2) is 35.6 Å². The van der Waals surface area contributed by atoms with Crippen LogP contribution in [0.2, 0.25) is 10.0 Å². The van der Waals surface area contributed by atoms with Crippen molar-refractivity contribution in [2.24, 2.45) is 0 Å². The van der Waals surface area contributed by atoms with Gasteiger partial charge in [0.2, 0.25) is 0 Å². The van der Waals surface area contributed by atoms with E-state index in [1.165, 1.54) is 23.4 Å². The third-order valence-corrected chi connectivity index (χ3v) is 8.74. The molecule has 0 radical (unpaired) electrons. The Bertz CT molecular complexity index is 1320. The molecule has 2 aromatic carbocycles. The molecule has 1 spiro atoms. The number of pyridine rings is 1. The zero-order valence-corrected chi connectivity index (χ0v) is 22.5. The maximum Gasteiger partial charge on any atom is 0.166 e. The highest BCUT2D eigenvalue weighted by molar-refractivity contribution is 6.36. The van der Waals surface area contributed by atoms with Gasteiger partial charge in [0.25, 0.3) is 0 Å². The fraction of sp³-hybridized carbons (Fsp3) is 0.393. The van der Waals surface area contributed by atoms with E-state index in [1.54, 1.807) is 13.1 Å². The first-order chi connectivity index (χ1) is 17.0. The van der Waals surface area contributed by atoms with Gasteiger partial charge in [-0.05, 0) is 95.2 Å². The molecule has 1 fully saturated rings. The van der Waals surface area contributed by atoms with Gasteiger partial charge >= 0.3 is 0 Å². The van der Waals surface area contributed by atoms with E-state index in [1.807, 2.05) is 6.07 Å². The summed E-state index contributed by atoms with van der Waals surface area (Å²) < 4.78 is 20.2. The van der Waals surface area contributed by atoms with Crippen molar-refractivity contribution in [3.63, 3.8) is 0 Å². The van der Waals surface area contributed by atoms with Gasteiger partial charge in [-0.25, -0.2) is 9.37 Å². The maximum atomic E-state index is 14.1. The molecular weight excluding hydrogens is 498 g/mol. The molecule has 8 heteroatoms. The van der Waals surface area contributed by atoms with Crippen LogP contribution in [0.4, 0.5) is 15.9 Å². The van der Waals surface area contributed by atoms with Gasteiger partial charge in [-0.15, -0.1) is 0 Å². The quantitative estimate of drug-likeness (QED) is 0.354. The Morgan fingerprint density at radius 2 is 1.83 bits per heavy atom. The molecule has 5 nitrogen and oxygen atoms in total. The Morgan fingerprint density at radius 1 is 1.11 bits per heavy atom. The van der Waals surface area contributed by atoms with Crippen molar-refractivity contribution >= 4 is 34.7 Å². The van der Waals surface area contributed by atoms with E-state index < -0.39 is 11.9 Å².